The van der Waals surface area contributed by atoms with E-state index in [4.69, 9.17) is 0 Å². The molecule has 2 N–H and O–H groups in total. The van der Waals surface area contributed by atoms with Crippen LogP contribution in [0, 0.1) is 11.8 Å². The lowest BCUT2D eigenvalue weighted by atomic mass is 9.53. The van der Waals surface area contributed by atoms with Crippen molar-refractivity contribution in [3.05, 3.63) is 95.1 Å². The van der Waals surface area contributed by atoms with E-state index in [1.54, 1.807) is 0 Å². The van der Waals surface area contributed by atoms with E-state index in [1.807, 2.05) is 48.5 Å². The number of carbonyl (C=O) groups excluding carboxylic acids is 2. The van der Waals surface area contributed by atoms with Crippen LogP contribution < -0.4 is 10.6 Å². The molecular formula is C24H18N2O2. The van der Waals surface area contributed by atoms with E-state index in [0.29, 0.717) is 11.4 Å². The second-order valence-corrected chi connectivity index (χ2v) is 7.79. The number of hydrogen-bond donors (Lipinski definition) is 2. The maximum Gasteiger partial charge on any atom is 0.229 e. The summed E-state index contributed by atoms with van der Waals surface area (Å²) in [6.45, 7) is 0. The molecule has 2 atom stereocenters. The highest BCUT2D eigenvalue weighted by molar-refractivity contribution is 6.08. The molecule has 0 unspecified atom stereocenters. The Morgan fingerprint density at radius 3 is 1.18 bits per heavy atom. The molecule has 0 fully saturated rings. The number of amides is 2. The maximum absolute atomic E-state index is 13.4. The van der Waals surface area contributed by atoms with Crippen LogP contribution in [0.1, 0.15) is 34.1 Å². The van der Waals surface area contributed by atoms with Crippen molar-refractivity contribution in [3.8, 4) is 0 Å². The number of hydrogen-bond acceptors (Lipinski definition) is 2. The van der Waals surface area contributed by atoms with Crippen molar-refractivity contribution in [2.45, 2.75) is 11.8 Å². The number of benzene rings is 3. The summed E-state index contributed by atoms with van der Waals surface area (Å²) in [6, 6.07) is 23.9. The molecule has 3 aromatic carbocycles. The van der Waals surface area contributed by atoms with Crippen LogP contribution >= 0.6 is 0 Å². The first-order chi connectivity index (χ1) is 13.7. The van der Waals surface area contributed by atoms with E-state index >= 15 is 0 Å². The van der Waals surface area contributed by atoms with Crippen LogP contribution in [0.3, 0.4) is 0 Å². The predicted octanol–water partition coefficient (Wildman–Crippen LogP) is 4.10. The van der Waals surface area contributed by atoms with Gasteiger partial charge in [-0.25, -0.2) is 0 Å². The molecule has 3 aliphatic carbocycles. The van der Waals surface area contributed by atoms with E-state index in [9.17, 15) is 9.59 Å². The fraction of sp³-hybridized carbons (Fsp3) is 0.167. The first-order valence-corrected chi connectivity index (χ1v) is 9.62. The lowest BCUT2D eigenvalue weighted by Crippen LogP contribution is -2.51. The second kappa shape index (κ2) is 5.55. The standard InChI is InChI=1S/C24H18N2O2/c27-23-21-19-13-7-1-2-8-14(13)20(16-10-4-3-9-15(16)19)22(21)24(28)26-18-12-6-5-11-17(18)25-23/h1-12,19-22H,(H,25,27)(H,26,28)/t19?,20?,21-,22+. The SMILES string of the molecule is O=C1Nc2ccccc2NC(=O)[C@H]2C3c4ccccc4C(c4ccccc43)[C@@H]12. The van der Waals surface area contributed by atoms with Crippen LogP contribution in [-0.2, 0) is 9.59 Å². The van der Waals surface area contributed by atoms with Crippen LogP contribution in [0.4, 0.5) is 11.4 Å². The summed E-state index contributed by atoms with van der Waals surface area (Å²) in [5.41, 5.74) is 5.99. The molecule has 2 bridgehead atoms. The molecule has 4 nitrogen and oxygen atoms in total. The van der Waals surface area contributed by atoms with Gasteiger partial charge < -0.3 is 10.6 Å². The van der Waals surface area contributed by atoms with Crippen molar-refractivity contribution in [2.24, 2.45) is 11.8 Å². The minimum absolute atomic E-state index is 0.0775. The first-order valence-electron chi connectivity index (χ1n) is 9.62. The monoisotopic (exact) mass is 366 g/mol. The van der Waals surface area contributed by atoms with Crippen LogP contribution in [0.15, 0.2) is 72.8 Å². The van der Waals surface area contributed by atoms with Gasteiger partial charge in [0.05, 0.1) is 23.2 Å². The third kappa shape index (κ3) is 1.95. The Balaban J connectivity index is 1.61. The fourth-order valence-electron chi connectivity index (χ4n) is 5.44. The van der Waals surface area contributed by atoms with E-state index in [-0.39, 0.29) is 23.7 Å². The van der Waals surface area contributed by atoms with Gasteiger partial charge in [-0.3, -0.25) is 9.59 Å². The van der Waals surface area contributed by atoms with Crippen molar-refractivity contribution in [1.29, 1.82) is 0 Å². The summed E-state index contributed by atoms with van der Waals surface area (Å²) in [6.07, 6.45) is 0. The van der Waals surface area contributed by atoms with Crippen LogP contribution in [0.25, 0.3) is 0 Å². The summed E-state index contributed by atoms with van der Waals surface area (Å²) in [5.74, 6) is -1.24. The normalized spacial score (nSPS) is 26.6. The summed E-state index contributed by atoms with van der Waals surface area (Å²) >= 11 is 0. The van der Waals surface area contributed by atoms with Crippen LogP contribution in [0.5, 0.6) is 0 Å². The number of nitrogens with one attached hydrogen (secondary N) is 2. The Morgan fingerprint density at radius 2 is 0.821 bits per heavy atom. The third-order valence-corrected chi connectivity index (χ3v) is 6.49. The Labute approximate surface area is 162 Å². The van der Waals surface area contributed by atoms with E-state index in [0.717, 1.165) is 0 Å². The largest absolute Gasteiger partial charge is 0.324 e. The number of carbonyl (C=O) groups is 2. The average molecular weight is 366 g/mol. The molecular weight excluding hydrogens is 348 g/mol. The van der Waals surface area contributed by atoms with Gasteiger partial charge in [0, 0.05) is 11.8 Å². The number of para-hydroxylation sites is 2. The molecule has 0 saturated heterocycles. The van der Waals surface area contributed by atoms with Gasteiger partial charge in [-0.05, 0) is 34.4 Å². The van der Waals surface area contributed by atoms with Crippen molar-refractivity contribution < 1.29 is 9.59 Å². The number of anilines is 2. The number of fused-ring (bicyclic) bond motifs is 1. The zero-order valence-corrected chi connectivity index (χ0v) is 15.1. The molecule has 7 rings (SSSR count). The molecule has 3 aromatic rings. The minimum Gasteiger partial charge on any atom is -0.324 e. The summed E-state index contributed by atoms with van der Waals surface area (Å²) in [7, 11) is 0. The highest BCUT2D eigenvalue weighted by atomic mass is 16.2. The number of rotatable bonds is 0. The van der Waals surface area contributed by atoms with Crippen molar-refractivity contribution >= 4 is 23.2 Å². The van der Waals surface area contributed by atoms with Crippen molar-refractivity contribution in [3.63, 3.8) is 0 Å². The first kappa shape index (κ1) is 15.6. The third-order valence-electron chi connectivity index (χ3n) is 6.49. The molecule has 28 heavy (non-hydrogen) atoms. The lowest BCUT2D eigenvalue weighted by molar-refractivity contribution is -0.131. The predicted molar refractivity (Wildman–Crippen MR) is 107 cm³/mol. The Bertz CT molecular complexity index is 1020. The van der Waals surface area contributed by atoms with Crippen molar-refractivity contribution in [1.82, 2.24) is 0 Å². The van der Waals surface area contributed by atoms with Crippen LogP contribution in [-0.4, -0.2) is 11.8 Å². The zero-order chi connectivity index (χ0) is 18.8. The van der Waals surface area contributed by atoms with Gasteiger partial charge >= 0.3 is 0 Å². The Hall–Kier alpha value is -3.40. The van der Waals surface area contributed by atoms with Gasteiger partial charge in [0.15, 0.2) is 0 Å². The summed E-state index contributed by atoms with van der Waals surface area (Å²) in [5, 5.41) is 6.15. The molecule has 0 saturated carbocycles. The fourth-order valence-corrected chi connectivity index (χ4v) is 5.44. The zero-order valence-electron chi connectivity index (χ0n) is 15.1. The Morgan fingerprint density at radius 1 is 0.500 bits per heavy atom. The summed E-state index contributed by atoms with van der Waals surface area (Å²) < 4.78 is 0. The van der Waals surface area contributed by atoms with E-state index in [1.165, 1.54) is 22.3 Å². The topological polar surface area (TPSA) is 58.2 Å². The van der Waals surface area contributed by atoms with Gasteiger partial charge in [0.25, 0.3) is 0 Å². The highest BCUT2D eigenvalue weighted by Crippen LogP contribution is 2.59. The van der Waals surface area contributed by atoms with Gasteiger partial charge in [-0.1, -0.05) is 60.7 Å². The van der Waals surface area contributed by atoms with E-state index < -0.39 is 11.8 Å². The second-order valence-electron chi connectivity index (χ2n) is 7.79. The van der Waals surface area contributed by atoms with Gasteiger partial charge in [0.2, 0.25) is 11.8 Å². The van der Waals surface area contributed by atoms with E-state index in [2.05, 4.69) is 34.9 Å². The molecule has 0 aromatic heterocycles. The molecule has 0 radical (unpaired) electrons. The molecule has 1 aliphatic heterocycles. The average Bonchev–Trinajstić information content (AvgIpc) is 2.73. The van der Waals surface area contributed by atoms with Gasteiger partial charge in [-0.15, -0.1) is 0 Å². The minimum atomic E-state index is -0.428. The highest BCUT2D eigenvalue weighted by Gasteiger charge is 2.55. The van der Waals surface area contributed by atoms with Gasteiger partial charge in [-0.2, -0.15) is 0 Å². The quantitative estimate of drug-likeness (QED) is 0.629. The van der Waals surface area contributed by atoms with Crippen molar-refractivity contribution in [2.75, 3.05) is 10.6 Å². The van der Waals surface area contributed by atoms with Gasteiger partial charge in [0.1, 0.15) is 0 Å². The molecule has 2 amide bonds. The molecule has 4 aliphatic rings. The summed E-state index contributed by atoms with van der Waals surface area (Å²) in [4.78, 5) is 26.9. The molecule has 136 valence electrons. The maximum atomic E-state index is 13.4. The smallest absolute Gasteiger partial charge is 0.229 e. The molecule has 1 heterocycles. The molecule has 4 heteroatoms. The van der Waals surface area contributed by atoms with Crippen LogP contribution in [0.2, 0.25) is 0 Å². The Kier molecular flexibility index (Phi) is 3.10. The molecule has 0 spiro atoms. The lowest BCUT2D eigenvalue weighted by Gasteiger charge is -2.49.